The number of fused-ring (bicyclic) bond motifs is 1. The van der Waals surface area contributed by atoms with E-state index >= 15 is 0 Å². The van der Waals surface area contributed by atoms with Crippen molar-refractivity contribution in [2.75, 3.05) is 26.3 Å². The summed E-state index contributed by atoms with van der Waals surface area (Å²) >= 11 is 3.50. The van der Waals surface area contributed by atoms with Gasteiger partial charge in [0.2, 0.25) is 0 Å². The number of halogens is 2. The van der Waals surface area contributed by atoms with Crippen LogP contribution in [0.25, 0.3) is 5.69 Å². The van der Waals surface area contributed by atoms with Gasteiger partial charge < -0.3 is 9.80 Å². The van der Waals surface area contributed by atoms with Crippen molar-refractivity contribution in [3.63, 3.8) is 0 Å². The number of carbonyl (C=O) groups excluding carboxylic acids is 2. The molecule has 0 bridgehead atoms. The molecule has 8 nitrogen and oxygen atoms in total. The maximum atomic E-state index is 14.1. The lowest BCUT2D eigenvalue weighted by Gasteiger charge is -2.38. The Morgan fingerprint density at radius 3 is 2.51 bits per heavy atom. The summed E-state index contributed by atoms with van der Waals surface area (Å²) in [5.74, 6) is -1.53. The monoisotopic (exact) mass is 590 g/mol. The maximum Gasteiger partial charge on any atom is 0.282 e. The van der Waals surface area contributed by atoms with Crippen LogP contribution < -0.4 is 10.7 Å². The first-order chi connectivity index (χ1) is 18.7. The van der Waals surface area contributed by atoms with E-state index in [1.54, 1.807) is 11.0 Å². The van der Waals surface area contributed by atoms with Crippen molar-refractivity contribution < 1.29 is 14.0 Å². The molecule has 1 unspecified atom stereocenters. The Balaban J connectivity index is 1.45. The smallest absolute Gasteiger partial charge is 0.282 e. The van der Waals surface area contributed by atoms with Crippen LogP contribution in [0.5, 0.6) is 0 Å². The standard InChI is InChI=1S/C29H28BrFN6O2/c1-16(2)18-4-6-19(7-5-18)37-23-11-13-36(29(39)20-8-9-21(30)27-26(20)32-15-33-27)24-14-35(28(38)17(3)31)12-10-22(34-37)25(23)24/h4-9,16,24H,3,10-15H2,1-2H3. The van der Waals surface area contributed by atoms with Crippen LogP contribution in [-0.2, 0) is 17.6 Å². The Hall–Kier alpha value is -3.66. The van der Waals surface area contributed by atoms with Crippen molar-refractivity contribution in [1.29, 1.82) is 0 Å². The number of nitrogens with zero attached hydrogens (tertiary/aromatic N) is 6. The Morgan fingerprint density at radius 2 is 1.79 bits per heavy atom. The van der Waals surface area contributed by atoms with E-state index in [-0.39, 0.29) is 25.7 Å². The molecule has 3 aliphatic heterocycles. The van der Waals surface area contributed by atoms with Crippen molar-refractivity contribution in [3.05, 3.63) is 92.1 Å². The normalized spacial score (nSPS) is 17.7. The van der Waals surface area contributed by atoms with Gasteiger partial charge in [0.1, 0.15) is 6.67 Å². The second-order valence-corrected chi connectivity index (χ2v) is 11.2. The van der Waals surface area contributed by atoms with Crippen LogP contribution in [0.1, 0.15) is 58.7 Å². The largest absolute Gasteiger partial charge is 0.334 e. The van der Waals surface area contributed by atoms with Crippen molar-refractivity contribution in [3.8, 4) is 5.69 Å². The van der Waals surface area contributed by atoms with Gasteiger partial charge in [0.25, 0.3) is 11.8 Å². The van der Waals surface area contributed by atoms with Gasteiger partial charge in [-0.1, -0.05) is 32.6 Å². The summed E-state index contributed by atoms with van der Waals surface area (Å²) in [6.07, 6.45) is 1.05. The minimum absolute atomic E-state index is 0.158. The molecule has 1 aromatic heterocycles. The molecule has 2 amide bonds. The average Bonchev–Trinajstić information content (AvgIpc) is 3.52. The molecule has 2 aromatic carbocycles. The molecular formula is C29H28BrFN6O2. The van der Waals surface area contributed by atoms with Gasteiger partial charge >= 0.3 is 0 Å². The van der Waals surface area contributed by atoms with E-state index in [4.69, 9.17) is 5.10 Å². The fourth-order valence-electron chi connectivity index (χ4n) is 5.78. The van der Waals surface area contributed by atoms with Crippen LogP contribution in [0.3, 0.4) is 0 Å². The zero-order valence-electron chi connectivity index (χ0n) is 21.8. The summed E-state index contributed by atoms with van der Waals surface area (Å²) in [7, 11) is 0. The highest BCUT2D eigenvalue weighted by molar-refractivity contribution is 9.10. The predicted molar refractivity (Wildman–Crippen MR) is 147 cm³/mol. The van der Waals surface area contributed by atoms with E-state index in [2.05, 4.69) is 70.6 Å². The molecular weight excluding hydrogens is 563 g/mol. The van der Waals surface area contributed by atoms with Gasteiger partial charge in [0.05, 0.1) is 39.4 Å². The van der Waals surface area contributed by atoms with Gasteiger partial charge in [0, 0.05) is 42.5 Å². The Bertz CT molecular complexity index is 1650. The molecule has 0 spiro atoms. The van der Waals surface area contributed by atoms with E-state index in [9.17, 15) is 14.0 Å². The van der Waals surface area contributed by atoms with E-state index < -0.39 is 17.8 Å². The number of hydrogen-bond acceptors (Lipinski definition) is 5. The summed E-state index contributed by atoms with van der Waals surface area (Å²) in [6, 6.07) is 11.5. The zero-order valence-corrected chi connectivity index (χ0v) is 23.4. The second kappa shape index (κ2) is 9.82. The molecule has 200 valence electrons. The van der Waals surface area contributed by atoms with Crippen molar-refractivity contribution in [2.24, 2.45) is 9.98 Å². The Labute approximate surface area is 233 Å². The lowest BCUT2D eigenvalue weighted by molar-refractivity contribution is -0.129. The van der Waals surface area contributed by atoms with Crippen LogP contribution in [-0.4, -0.2) is 57.7 Å². The van der Waals surface area contributed by atoms with Crippen molar-refractivity contribution in [2.45, 2.75) is 38.6 Å². The summed E-state index contributed by atoms with van der Waals surface area (Å²) in [5.41, 5.74) is 5.45. The zero-order chi connectivity index (χ0) is 27.4. The number of aromatic nitrogens is 2. The highest BCUT2D eigenvalue weighted by Crippen LogP contribution is 2.37. The molecule has 0 N–H and O–H groups in total. The first-order valence-electron chi connectivity index (χ1n) is 13.1. The van der Waals surface area contributed by atoms with Crippen LogP contribution in [0.2, 0.25) is 0 Å². The van der Waals surface area contributed by atoms with Crippen LogP contribution in [0, 0.1) is 0 Å². The fraction of sp³-hybridized carbons (Fsp3) is 0.345. The number of benzene rings is 2. The molecule has 3 aromatic rings. The Morgan fingerprint density at radius 1 is 1.05 bits per heavy atom. The third kappa shape index (κ3) is 4.30. The van der Waals surface area contributed by atoms with E-state index in [0.29, 0.717) is 41.6 Å². The first kappa shape index (κ1) is 25.6. The number of rotatable bonds is 4. The predicted octanol–water partition coefficient (Wildman–Crippen LogP) is 3.58. The highest BCUT2D eigenvalue weighted by atomic mass is 79.9. The highest BCUT2D eigenvalue weighted by Gasteiger charge is 2.41. The number of amides is 2. The second-order valence-electron chi connectivity index (χ2n) is 10.4. The topological polar surface area (TPSA) is 83.2 Å². The molecule has 39 heavy (non-hydrogen) atoms. The molecule has 0 saturated heterocycles. The quantitative estimate of drug-likeness (QED) is 0.435. The summed E-state index contributed by atoms with van der Waals surface area (Å²) < 4.78 is 16.7. The van der Waals surface area contributed by atoms with Crippen molar-refractivity contribution in [1.82, 2.24) is 19.6 Å². The third-order valence-corrected chi connectivity index (χ3v) is 8.42. The van der Waals surface area contributed by atoms with E-state index in [1.165, 1.54) is 10.5 Å². The first-order valence-corrected chi connectivity index (χ1v) is 13.9. The summed E-state index contributed by atoms with van der Waals surface area (Å²) in [6.45, 7) is 8.68. The molecule has 1 atom stereocenters. The molecule has 0 aliphatic carbocycles. The fourth-order valence-corrected chi connectivity index (χ4v) is 6.22. The summed E-state index contributed by atoms with van der Waals surface area (Å²) in [5, 5.41) is 6.22. The minimum atomic E-state index is -1.01. The molecule has 0 fully saturated rings. The lowest BCUT2D eigenvalue weighted by Crippen LogP contribution is -2.47. The lowest BCUT2D eigenvalue weighted by atomic mass is 9.94. The third-order valence-electron chi connectivity index (χ3n) is 7.78. The van der Waals surface area contributed by atoms with Gasteiger partial charge in [-0.2, -0.15) is 5.10 Å². The average molecular weight is 591 g/mol. The van der Waals surface area contributed by atoms with Gasteiger partial charge in [0.15, 0.2) is 5.83 Å². The summed E-state index contributed by atoms with van der Waals surface area (Å²) in [4.78, 5) is 38.9. The maximum absolute atomic E-state index is 14.1. The Kier molecular flexibility index (Phi) is 6.45. The van der Waals surface area contributed by atoms with Crippen LogP contribution in [0.15, 0.2) is 63.3 Å². The van der Waals surface area contributed by atoms with Gasteiger partial charge in [-0.3, -0.25) is 19.6 Å². The molecule has 6 rings (SSSR count). The van der Waals surface area contributed by atoms with E-state index in [0.717, 1.165) is 27.1 Å². The molecule has 0 saturated carbocycles. The van der Waals surface area contributed by atoms with Gasteiger partial charge in [-0.25, -0.2) is 9.07 Å². The van der Waals surface area contributed by atoms with Gasteiger partial charge in [-0.15, -0.1) is 0 Å². The van der Waals surface area contributed by atoms with Gasteiger partial charge in [-0.05, 0) is 51.7 Å². The minimum Gasteiger partial charge on any atom is -0.334 e. The molecule has 4 heterocycles. The van der Waals surface area contributed by atoms with Crippen molar-refractivity contribution >= 4 is 27.7 Å². The van der Waals surface area contributed by atoms with Crippen LogP contribution >= 0.6 is 15.9 Å². The number of carbonyl (C=O) groups is 2. The molecule has 3 aliphatic rings. The number of hydrogen-bond donors (Lipinski definition) is 0. The molecule has 0 radical (unpaired) electrons. The van der Waals surface area contributed by atoms with E-state index in [1.807, 2.05) is 10.7 Å². The molecule has 10 heteroatoms. The SMILES string of the molecule is C=C(F)C(=O)N1CCc2nn(-c3ccc(C(C)C)cc3)c3c2C(C1)N(C(=O)c1ccc(Br)c2c1=NCN=2)CC3. The van der Waals surface area contributed by atoms with Crippen LogP contribution in [0.4, 0.5) is 4.39 Å².